The summed E-state index contributed by atoms with van der Waals surface area (Å²) in [6, 6.07) is 5.50. The summed E-state index contributed by atoms with van der Waals surface area (Å²) in [5.74, 6) is -0.757. The van der Waals surface area contributed by atoms with Crippen LogP contribution in [0.3, 0.4) is 0 Å². The molecular weight excluding hydrogens is 235 g/mol. The molecule has 0 radical (unpaired) electrons. The summed E-state index contributed by atoms with van der Waals surface area (Å²) in [4.78, 5) is 10.3. The smallest absolute Gasteiger partial charge is 0.303 e. The van der Waals surface area contributed by atoms with E-state index in [0.29, 0.717) is 16.5 Å². The molecule has 4 heteroatoms. The number of halogens is 2. The van der Waals surface area contributed by atoms with Crippen LogP contribution >= 0.6 is 23.2 Å². The van der Waals surface area contributed by atoms with Gasteiger partial charge in [-0.05, 0) is 30.9 Å². The van der Waals surface area contributed by atoms with Crippen molar-refractivity contribution in [1.29, 1.82) is 0 Å². The van der Waals surface area contributed by atoms with Crippen molar-refractivity contribution in [3.63, 3.8) is 0 Å². The van der Waals surface area contributed by atoms with Gasteiger partial charge in [-0.15, -0.1) is 0 Å². The van der Waals surface area contributed by atoms with Crippen molar-refractivity contribution in [1.82, 2.24) is 0 Å². The predicted molar refractivity (Wildman–Crippen MR) is 61.7 cm³/mol. The fraction of sp³-hybridized carbons (Fsp3) is 0.364. The quantitative estimate of drug-likeness (QED) is 0.803. The van der Waals surface area contributed by atoms with Crippen molar-refractivity contribution in [2.45, 2.75) is 25.7 Å². The standard InChI is InChI=1S/C11H12Cl2O2/c12-9-6-3-5-8(11(9)13)4-1-2-7-10(14)15/h3,5-6H,1-2,4,7H2,(H,14,15). The molecule has 0 saturated heterocycles. The van der Waals surface area contributed by atoms with Gasteiger partial charge in [0.1, 0.15) is 0 Å². The lowest BCUT2D eigenvalue weighted by molar-refractivity contribution is -0.137. The normalized spacial score (nSPS) is 10.3. The average Bonchev–Trinajstić information content (AvgIpc) is 2.18. The lowest BCUT2D eigenvalue weighted by atomic mass is 10.1. The van der Waals surface area contributed by atoms with Gasteiger partial charge in [0.2, 0.25) is 0 Å². The van der Waals surface area contributed by atoms with Crippen LogP contribution in [0.5, 0.6) is 0 Å². The summed E-state index contributed by atoms with van der Waals surface area (Å²) in [5, 5.41) is 9.59. The number of aliphatic carboxylic acids is 1. The highest BCUT2D eigenvalue weighted by Gasteiger charge is 2.04. The van der Waals surface area contributed by atoms with Crippen molar-refractivity contribution >= 4 is 29.2 Å². The molecule has 1 aromatic rings. The highest BCUT2D eigenvalue weighted by Crippen LogP contribution is 2.26. The molecule has 1 aromatic carbocycles. The van der Waals surface area contributed by atoms with Crippen molar-refractivity contribution in [2.75, 3.05) is 0 Å². The van der Waals surface area contributed by atoms with Gasteiger partial charge in [0, 0.05) is 6.42 Å². The third kappa shape index (κ3) is 4.10. The van der Waals surface area contributed by atoms with E-state index in [1.54, 1.807) is 6.07 Å². The first kappa shape index (κ1) is 12.3. The number of carboxylic acids is 1. The van der Waals surface area contributed by atoms with Gasteiger partial charge < -0.3 is 5.11 Å². The molecule has 0 aromatic heterocycles. The zero-order chi connectivity index (χ0) is 11.3. The zero-order valence-electron chi connectivity index (χ0n) is 8.17. The van der Waals surface area contributed by atoms with Crippen LogP contribution in [0.2, 0.25) is 10.0 Å². The first-order valence-corrected chi connectivity index (χ1v) is 5.51. The number of hydrogen-bond acceptors (Lipinski definition) is 1. The van der Waals surface area contributed by atoms with Crippen LogP contribution in [0.4, 0.5) is 0 Å². The largest absolute Gasteiger partial charge is 0.481 e. The Hall–Kier alpha value is -0.730. The van der Waals surface area contributed by atoms with Gasteiger partial charge in [-0.3, -0.25) is 4.79 Å². The third-order valence-corrected chi connectivity index (χ3v) is 2.98. The van der Waals surface area contributed by atoms with E-state index in [4.69, 9.17) is 28.3 Å². The van der Waals surface area contributed by atoms with Crippen molar-refractivity contribution in [3.05, 3.63) is 33.8 Å². The Morgan fingerprint density at radius 1 is 1.27 bits per heavy atom. The van der Waals surface area contributed by atoms with E-state index in [2.05, 4.69) is 0 Å². The van der Waals surface area contributed by atoms with Gasteiger partial charge in [-0.2, -0.15) is 0 Å². The summed E-state index contributed by atoms with van der Waals surface area (Å²) in [6.45, 7) is 0. The maximum Gasteiger partial charge on any atom is 0.303 e. The van der Waals surface area contributed by atoms with Crippen LogP contribution in [0, 0.1) is 0 Å². The minimum absolute atomic E-state index is 0.207. The molecule has 0 aliphatic heterocycles. The third-order valence-electron chi connectivity index (χ3n) is 2.12. The Balaban J connectivity index is 2.44. The molecule has 0 fully saturated rings. The number of rotatable bonds is 5. The van der Waals surface area contributed by atoms with Gasteiger partial charge in [-0.1, -0.05) is 35.3 Å². The molecule has 1 rings (SSSR count). The fourth-order valence-corrected chi connectivity index (χ4v) is 1.75. The highest BCUT2D eigenvalue weighted by molar-refractivity contribution is 6.42. The summed E-state index contributed by atoms with van der Waals surface area (Å²) in [7, 11) is 0. The van der Waals surface area contributed by atoms with Gasteiger partial charge >= 0.3 is 5.97 Å². The molecule has 0 aliphatic rings. The SMILES string of the molecule is O=C(O)CCCCc1cccc(Cl)c1Cl. The second-order valence-corrected chi connectivity index (χ2v) is 4.10. The van der Waals surface area contributed by atoms with Crippen LogP contribution in [-0.4, -0.2) is 11.1 Å². The molecular formula is C11H12Cl2O2. The number of aryl methyl sites for hydroxylation is 1. The van der Waals surface area contributed by atoms with E-state index in [1.807, 2.05) is 12.1 Å². The van der Waals surface area contributed by atoms with Gasteiger partial charge in [0.15, 0.2) is 0 Å². The van der Waals surface area contributed by atoms with E-state index >= 15 is 0 Å². The maximum atomic E-state index is 10.3. The van der Waals surface area contributed by atoms with Gasteiger partial charge in [0.25, 0.3) is 0 Å². The van der Waals surface area contributed by atoms with Crippen LogP contribution in [-0.2, 0) is 11.2 Å². The Labute approximate surface area is 98.8 Å². The molecule has 0 atom stereocenters. The lowest BCUT2D eigenvalue weighted by Crippen LogP contribution is -1.95. The van der Waals surface area contributed by atoms with E-state index in [-0.39, 0.29) is 6.42 Å². The monoisotopic (exact) mass is 246 g/mol. The second-order valence-electron chi connectivity index (χ2n) is 3.31. The Kier molecular flexibility index (Phi) is 4.92. The first-order chi connectivity index (χ1) is 7.11. The van der Waals surface area contributed by atoms with Crippen molar-refractivity contribution in [3.8, 4) is 0 Å². The summed E-state index contributed by atoms with van der Waals surface area (Å²) in [6.07, 6.45) is 2.45. The fourth-order valence-electron chi connectivity index (χ4n) is 1.33. The molecule has 0 heterocycles. The molecule has 1 N–H and O–H groups in total. The van der Waals surface area contributed by atoms with Gasteiger partial charge in [-0.25, -0.2) is 0 Å². The minimum Gasteiger partial charge on any atom is -0.481 e. The maximum absolute atomic E-state index is 10.3. The molecule has 0 spiro atoms. The average molecular weight is 247 g/mol. The zero-order valence-corrected chi connectivity index (χ0v) is 9.68. The van der Waals surface area contributed by atoms with E-state index in [0.717, 1.165) is 18.4 Å². The molecule has 0 unspecified atom stereocenters. The molecule has 0 bridgehead atoms. The van der Waals surface area contributed by atoms with E-state index in [9.17, 15) is 4.79 Å². The first-order valence-electron chi connectivity index (χ1n) is 4.76. The number of carbonyl (C=O) groups is 1. The predicted octanol–water partition coefficient (Wildman–Crippen LogP) is 3.79. The van der Waals surface area contributed by atoms with Crippen LogP contribution in [0.15, 0.2) is 18.2 Å². The Morgan fingerprint density at radius 2 is 2.00 bits per heavy atom. The molecule has 0 amide bonds. The van der Waals surface area contributed by atoms with Crippen LogP contribution < -0.4 is 0 Å². The number of carboxylic acid groups (broad SMARTS) is 1. The molecule has 2 nitrogen and oxygen atoms in total. The van der Waals surface area contributed by atoms with Crippen molar-refractivity contribution < 1.29 is 9.90 Å². The number of unbranched alkanes of at least 4 members (excludes halogenated alkanes) is 1. The van der Waals surface area contributed by atoms with Crippen LogP contribution in [0.1, 0.15) is 24.8 Å². The molecule has 0 saturated carbocycles. The number of benzene rings is 1. The summed E-state index contributed by atoms with van der Waals surface area (Å²) < 4.78 is 0. The Morgan fingerprint density at radius 3 is 2.67 bits per heavy atom. The molecule has 0 aliphatic carbocycles. The second kappa shape index (κ2) is 5.99. The summed E-state index contributed by atoms with van der Waals surface area (Å²) in [5.41, 5.74) is 0.981. The molecule has 82 valence electrons. The summed E-state index contributed by atoms with van der Waals surface area (Å²) >= 11 is 11.8. The minimum atomic E-state index is -0.757. The topological polar surface area (TPSA) is 37.3 Å². The number of hydrogen-bond donors (Lipinski definition) is 1. The van der Waals surface area contributed by atoms with E-state index < -0.39 is 5.97 Å². The highest BCUT2D eigenvalue weighted by atomic mass is 35.5. The van der Waals surface area contributed by atoms with Gasteiger partial charge in [0.05, 0.1) is 10.0 Å². The molecule has 15 heavy (non-hydrogen) atoms. The van der Waals surface area contributed by atoms with E-state index in [1.165, 1.54) is 0 Å². The van der Waals surface area contributed by atoms with Crippen molar-refractivity contribution in [2.24, 2.45) is 0 Å². The Bertz CT molecular complexity index is 350. The lowest BCUT2D eigenvalue weighted by Gasteiger charge is -2.04. The van der Waals surface area contributed by atoms with Crippen LogP contribution in [0.25, 0.3) is 0 Å².